The Morgan fingerprint density at radius 3 is 2.56 bits per heavy atom. The normalized spacial score (nSPS) is 18.8. The molecule has 0 aromatic heterocycles. The predicted octanol–water partition coefficient (Wildman–Crippen LogP) is 2.00. The summed E-state index contributed by atoms with van der Waals surface area (Å²) in [6, 6.07) is 0. The summed E-state index contributed by atoms with van der Waals surface area (Å²) >= 11 is 3.28. The molecule has 96 valence electrons. The minimum absolute atomic E-state index is 0.103. The molecule has 1 saturated carbocycles. The van der Waals surface area contributed by atoms with E-state index in [4.69, 9.17) is 4.74 Å². The molecule has 0 amide bonds. The zero-order valence-electron chi connectivity index (χ0n) is 9.45. The molecule has 1 aliphatic carbocycles. The Balaban J connectivity index is 2.22. The van der Waals surface area contributed by atoms with Crippen molar-refractivity contribution in [3.8, 4) is 0 Å². The molecule has 6 heteroatoms. The third-order valence-electron chi connectivity index (χ3n) is 2.78. The molecule has 1 rings (SSSR count). The van der Waals surface area contributed by atoms with Gasteiger partial charge in [0.25, 0.3) is 0 Å². The molecule has 0 radical (unpaired) electrons. The van der Waals surface area contributed by atoms with Crippen LogP contribution in [0, 0.1) is 0 Å². The maximum absolute atomic E-state index is 11.8. The van der Waals surface area contributed by atoms with Crippen LogP contribution in [0.1, 0.15) is 38.5 Å². The van der Waals surface area contributed by atoms with Crippen molar-refractivity contribution in [1.82, 2.24) is 4.72 Å². The summed E-state index contributed by atoms with van der Waals surface area (Å²) in [5, 5.41) is 0.670. The molecule has 1 N–H and O–H groups in total. The Morgan fingerprint density at radius 1 is 1.25 bits per heavy atom. The van der Waals surface area contributed by atoms with Crippen LogP contribution in [-0.2, 0) is 14.8 Å². The number of nitrogens with one attached hydrogen (secondary N) is 1. The van der Waals surface area contributed by atoms with Crippen molar-refractivity contribution in [3.63, 3.8) is 0 Å². The van der Waals surface area contributed by atoms with Gasteiger partial charge < -0.3 is 4.74 Å². The molecule has 0 unspecified atom stereocenters. The highest BCUT2D eigenvalue weighted by molar-refractivity contribution is 9.09. The van der Waals surface area contributed by atoms with E-state index in [0.29, 0.717) is 6.61 Å². The fourth-order valence-corrected chi connectivity index (χ4v) is 3.51. The Bertz CT molecular complexity index is 276. The minimum atomic E-state index is -3.16. The van der Waals surface area contributed by atoms with E-state index < -0.39 is 10.0 Å². The zero-order chi connectivity index (χ0) is 11.9. The van der Waals surface area contributed by atoms with Gasteiger partial charge in [-0.2, -0.15) is 4.72 Å². The molecule has 0 aliphatic heterocycles. The average Bonchev–Trinajstić information content (AvgIpc) is 2.30. The molecular formula is C10H20BrNO3S. The molecule has 0 saturated heterocycles. The van der Waals surface area contributed by atoms with Gasteiger partial charge in [0.1, 0.15) is 6.73 Å². The van der Waals surface area contributed by atoms with Crippen molar-refractivity contribution < 1.29 is 13.2 Å². The number of ether oxygens (including phenoxy) is 1. The van der Waals surface area contributed by atoms with Crippen LogP contribution in [0.3, 0.4) is 0 Å². The van der Waals surface area contributed by atoms with Gasteiger partial charge in [-0.05, 0) is 19.3 Å². The van der Waals surface area contributed by atoms with E-state index in [0.717, 1.165) is 43.9 Å². The van der Waals surface area contributed by atoms with Crippen LogP contribution < -0.4 is 4.72 Å². The summed E-state index contributed by atoms with van der Waals surface area (Å²) in [6.45, 7) is 0.685. The topological polar surface area (TPSA) is 55.4 Å². The standard InChI is InChI=1S/C10H20BrNO3S/c11-7-4-8-15-9-12-16(13,14)10-5-2-1-3-6-10/h10,12H,1-9H2. The van der Waals surface area contributed by atoms with Crippen molar-refractivity contribution in [2.45, 2.75) is 43.8 Å². The monoisotopic (exact) mass is 313 g/mol. The van der Waals surface area contributed by atoms with Crippen LogP contribution in [0.4, 0.5) is 0 Å². The van der Waals surface area contributed by atoms with Gasteiger partial charge in [0.2, 0.25) is 10.0 Å². The Morgan fingerprint density at radius 2 is 1.94 bits per heavy atom. The van der Waals surface area contributed by atoms with E-state index in [1.165, 1.54) is 0 Å². The second-order valence-electron chi connectivity index (χ2n) is 4.04. The molecule has 0 aromatic rings. The van der Waals surface area contributed by atoms with E-state index >= 15 is 0 Å². The van der Waals surface area contributed by atoms with Crippen LogP contribution in [-0.4, -0.2) is 32.3 Å². The van der Waals surface area contributed by atoms with E-state index in [9.17, 15) is 8.42 Å². The highest BCUT2D eigenvalue weighted by Gasteiger charge is 2.26. The first-order valence-corrected chi connectivity index (χ1v) is 8.46. The number of rotatable bonds is 7. The molecule has 1 aliphatic rings. The second-order valence-corrected chi connectivity index (χ2v) is 6.88. The first kappa shape index (κ1) is 14.4. The van der Waals surface area contributed by atoms with Gasteiger partial charge >= 0.3 is 0 Å². The highest BCUT2D eigenvalue weighted by Crippen LogP contribution is 2.22. The van der Waals surface area contributed by atoms with Crippen LogP contribution in [0.25, 0.3) is 0 Å². The second kappa shape index (κ2) is 7.63. The molecule has 1 fully saturated rings. The summed E-state index contributed by atoms with van der Waals surface area (Å²) in [4.78, 5) is 0. The number of hydrogen-bond acceptors (Lipinski definition) is 3. The quantitative estimate of drug-likeness (QED) is 0.444. The van der Waals surface area contributed by atoms with Crippen LogP contribution in [0.2, 0.25) is 0 Å². The van der Waals surface area contributed by atoms with E-state index in [-0.39, 0.29) is 12.0 Å². The van der Waals surface area contributed by atoms with Gasteiger partial charge in [-0.15, -0.1) is 0 Å². The molecule has 0 heterocycles. The average molecular weight is 314 g/mol. The summed E-state index contributed by atoms with van der Waals surface area (Å²) < 4.78 is 31.3. The summed E-state index contributed by atoms with van der Waals surface area (Å²) in [7, 11) is -3.16. The predicted molar refractivity (Wildman–Crippen MR) is 68.2 cm³/mol. The third-order valence-corrected chi connectivity index (χ3v) is 5.21. The maximum Gasteiger partial charge on any atom is 0.216 e. The number of alkyl halides is 1. The van der Waals surface area contributed by atoms with Gasteiger partial charge in [-0.1, -0.05) is 35.2 Å². The Kier molecular flexibility index (Phi) is 6.87. The smallest absolute Gasteiger partial charge is 0.216 e. The fraction of sp³-hybridized carbons (Fsp3) is 1.00. The lowest BCUT2D eigenvalue weighted by molar-refractivity contribution is 0.132. The van der Waals surface area contributed by atoms with Gasteiger partial charge in [-0.25, -0.2) is 8.42 Å². The first-order valence-electron chi connectivity index (χ1n) is 5.79. The molecule has 4 nitrogen and oxygen atoms in total. The van der Waals surface area contributed by atoms with E-state index in [1.54, 1.807) is 0 Å². The minimum Gasteiger partial charge on any atom is -0.365 e. The molecule has 16 heavy (non-hydrogen) atoms. The summed E-state index contributed by atoms with van der Waals surface area (Å²) in [5.74, 6) is 0. The molecular weight excluding hydrogens is 294 g/mol. The van der Waals surface area contributed by atoms with Crippen LogP contribution >= 0.6 is 15.9 Å². The van der Waals surface area contributed by atoms with Crippen molar-refractivity contribution in [2.24, 2.45) is 0 Å². The highest BCUT2D eigenvalue weighted by atomic mass is 79.9. The Hall–Kier alpha value is 0.350. The van der Waals surface area contributed by atoms with Crippen molar-refractivity contribution in [1.29, 1.82) is 0 Å². The van der Waals surface area contributed by atoms with Gasteiger partial charge in [0.05, 0.1) is 5.25 Å². The molecule has 0 spiro atoms. The third kappa shape index (κ3) is 5.12. The lowest BCUT2D eigenvalue weighted by Gasteiger charge is -2.21. The largest absolute Gasteiger partial charge is 0.365 e. The maximum atomic E-state index is 11.8. The van der Waals surface area contributed by atoms with Gasteiger partial charge in [-0.3, -0.25) is 0 Å². The lowest BCUT2D eigenvalue weighted by Crippen LogP contribution is -2.36. The zero-order valence-corrected chi connectivity index (χ0v) is 11.9. The van der Waals surface area contributed by atoms with E-state index in [2.05, 4.69) is 20.7 Å². The number of sulfonamides is 1. The summed E-state index contributed by atoms with van der Waals surface area (Å²) in [5.41, 5.74) is 0. The van der Waals surface area contributed by atoms with Crippen LogP contribution in [0.15, 0.2) is 0 Å². The van der Waals surface area contributed by atoms with Gasteiger partial charge in [0, 0.05) is 11.9 Å². The van der Waals surface area contributed by atoms with Crippen LogP contribution in [0.5, 0.6) is 0 Å². The molecule has 0 bridgehead atoms. The van der Waals surface area contributed by atoms with E-state index in [1.807, 2.05) is 0 Å². The molecule has 0 atom stereocenters. The number of halogens is 1. The van der Waals surface area contributed by atoms with Crippen molar-refractivity contribution in [3.05, 3.63) is 0 Å². The summed E-state index contributed by atoms with van der Waals surface area (Å²) in [6.07, 6.45) is 5.68. The Labute approximate surface area is 106 Å². The fourth-order valence-electron chi connectivity index (χ4n) is 1.85. The van der Waals surface area contributed by atoms with Crippen molar-refractivity contribution >= 4 is 26.0 Å². The molecule has 0 aromatic carbocycles. The van der Waals surface area contributed by atoms with Crippen molar-refractivity contribution in [2.75, 3.05) is 18.7 Å². The van der Waals surface area contributed by atoms with Gasteiger partial charge in [0.15, 0.2) is 0 Å². The number of hydrogen-bond donors (Lipinski definition) is 1. The lowest BCUT2D eigenvalue weighted by atomic mass is 10.0. The first-order chi connectivity index (χ1) is 7.67. The SMILES string of the molecule is O=S(=O)(NCOCCCBr)C1CCCCC1.